The third-order valence-electron chi connectivity index (χ3n) is 3.82. The Kier molecular flexibility index (Phi) is 5.75. The number of non-ortho nitro benzene ring substituents is 1. The van der Waals surface area contributed by atoms with Gasteiger partial charge in [-0.3, -0.25) is 10.1 Å². The number of rotatable bonds is 7. The first-order valence-corrected chi connectivity index (χ1v) is 9.69. The van der Waals surface area contributed by atoms with E-state index in [0.717, 1.165) is 6.07 Å². The quantitative estimate of drug-likeness (QED) is 0.326. The smallest absolute Gasteiger partial charge is 0.338 e. The Labute approximate surface area is 169 Å². The van der Waals surface area contributed by atoms with E-state index in [-0.39, 0.29) is 40.3 Å². The Morgan fingerprint density at radius 1 is 1.20 bits per heavy atom. The van der Waals surface area contributed by atoms with Gasteiger partial charge in [-0.1, -0.05) is 0 Å². The lowest BCUT2D eigenvalue weighted by atomic mass is 10.2. The molecule has 0 aliphatic carbocycles. The summed E-state index contributed by atoms with van der Waals surface area (Å²) < 4.78 is 38.6. The molecule has 156 valence electrons. The molecule has 0 saturated carbocycles. The van der Waals surface area contributed by atoms with E-state index in [2.05, 4.69) is 10.2 Å². The molecular formula is C17H14N4O8S. The molecule has 0 spiro atoms. The molecule has 30 heavy (non-hydrogen) atoms. The third-order valence-corrected chi connectivity index (χ3v) is 4.76. The number of nitro groups is 1. The number of sulfonamides is 1. The molecule has 1 heterocycles. The summed E-state index contributed by atoms with van der Waals surface area (Å²) in [6, 6.07) is 9.06. The minimum Gasteiger partial charge on any atom is -0.495 e. The van der Waals surface area contributed by atoms with Crippen molar-refractivity contribution >= 4 is 21.7 Å². The summed E-state index contributed by atoms with van der Waals surface area (Å²) in [5.74, 6) is -0.815. The molecule has 0 aliphatic heterocycles. The maximum Gasteiger partial charge on any atom is 0.338 e. The lowest BCUT2D eigenvalue weighted by molar-refractivity contribution is -0.384. The van der Waals surface area contributed by atoms with Gasteiger partial charge in [0.25, 0.3) is 11.6 Å². The van der Waals surface area contributed by atoms with Crippen LogP contribution < -0.4 is 9.88 Å². The number of hydrogen-bond acceptors (Lipinski definition) is 10. The molecule has 3 aromatic rings. The van der Waals surface area contributed by atoms with Gasteiger partial charge in [0.05, 0.1) is 17.6 Å². The molecule has 2 N–H and O–H groups in total. The molecule has 0 unspecified atom stereocenters. The van der Waals surface area contributed by atoms with Crippen LogP contribution in [0, 0.1) is 10.1 Å². The second-order valence-electron chi connectivity index (χ2n) is 5.79. The zero-order valence-corrected chi connectivity index (χ0v) is 16.2. The molecular weight excluding hydrogens is 420 g/mol. The lowest BCUT2D eigenvalue weighted by Gasteiger charge is -2.08. The highest BCUT2D eigenvalue weighted by Gasteiger charge is 2.19. The highest BCUT2D eigenvalue weighted by atomic mass is 32.2. The number of carbonyl (C=O) groups excluding carboxylic acids is 1. The van der Waals surface area contributed by atoms with Gasteiger partial charge >= 0.3 is 5.97 Å². The second kappa shape index (κ2) is 8.26. The van der Waals surface area contributed by atoms with Crippen molar-refractivity contribution in [2.45, 2.75) is 11.5 Å². The van der Waals surface area contributed by atoms with E-state index in [0.29, 0.717) is 5.56 Å². The minimum atomic E-state index is -4.12. The van der Waals surface area contributed by atoms with Crippen LogP contribution in [0.1, 0.15) is 16.2 Å². The molecule has 12 nitrogen and oxygen atoms in total. The minimum absolute atomic E-state index is 0.0151. The molecule has 0 bridgehead atoms. The molecule has 1 aromatic heterocycles. The summed E-state index contributed by atoms with van der Waals surface area (Å²) in [7, 11) is -2.86. The van der Waals surface area contributed by atoms with Gasteiger partial charge in [0.1, 0.15) is 10.6 Å². The number of nitrogens with zero attached hydrogens (tertiary/aromatic N) is 3. The van der Waals surface area contributed by atoms with E-state index in [1.54, 1.807) is 0 Å². The van der Waals surface area contributed by atoms with Crippen molar-refractivity contribution in [1.29, 1.82) is 0 Å². The third kappa shape index (κ3) is 4.59. The van der Waals surface area contributed by atoms with Gasteiger partial charge in [0.2, 0.25) is 15.9 Å². The number of carbonyl (C=O) groups is 1. The Balaban J connectivity index is 1.71. The monoisotopic (exact) mass is 434 g/mol. The fourth-order valence-electron chi connectivity index (χ4n) is 2.39. The van der Waals surface area contributed by atoms with Crippen LogP contribution in [0.2, 0.25) is 0 Å². The number of methoxy groups -OCH3 is 1. The van der Waals surface area contributed by atoms with Crippen LogP contribution in [0.25, 0.3) is 11.5 Å². The molecule has 0 radical (unpaired) electrons. The SMILES string of the molecule is COc1ccc(C(=O)OCc2nnc(-c3ccc([N+](=O)[O-])cc3)o2)cc1S(N)(=O)=O. The molecule has 0 atom stereocenters. The maximum atomic E-state index is 12.2. The number of primary sulfonamides is 1. The topological polar surface area (TPSA) is 178 Å². The molecule has 0 fully saturated rings. The normalized spacial score (nSPS) is 11.1. The number of benzene rings is 2. The molecule has 0 saturated heterocycles. The first-order chi connectivity index (χ1) is 14.2. The second-order valence-corrected chi connectivity index (χ2v) is 7.32. The van der Waals surface area contributed by atoms with Crippen molar-refractivity contribution in [3.05, 3.63) is 64.0 Å². The number of nitro benzene ring substituents is 1. The summed E-state index contributed by atoms with van der Waals surface area (Å²) in [6.07, 6.45) is 0. The largest absolute Gasteiger partial charge is 0.495 e. The number of hydrogen-bond donors (Lipinski definition) is 1. The average Bonchev–Trinajstić information content (AvgIpc) is 3.20. The molecule has 0 aliphatic rings. The Hall–Kier alpha value is -3.84. The van der Waals surface area contributed by atoms with Crippen LogP contribution in [0.5, 0.6) is 5.75 Å². The molecule has 0 amide bonds. The van der Waals surface area contributed by atoms with Gasteiger partial charge in [-0.25, -0.2) is 18.4 Å². The summed E-state index contributed by atoms with van der Waals surface area (Å²) in [5.41, 5.74) is 0.277. The van der Waals surface area contributed by atoms with Crippen molar-refractivity contribution in [2.24, 2.45) is 5.14 Å². The van der Waals surface area contributed by atoms with Gasteiger partial charge in [-0.05, 0) is 30.3 Å². The van der Waals surface area contributed by atoms with E-state index >= 15 is 0 Å². The van der Waals surface area contributed by atoms with Crippen molar-refractivity contribution in [1.82, 2.24) is 10.2 Å². The van der Waals surface area contributed by atoms with Crippen molar-refractivity contribution < 1.29 is 32.0 Å². The fourth-order valence-corrected chi connectivity index (χ4v) is 3.11. The van der Waals surface area contributed by atoms with E-state index in [4.69, 9.17) is 19.0 Å². The summed E-state index contributed by atoms with van der Waals surface area (Å²) in [5, 5.41) is 23.3. The van der Waals surface area contributed by atoms with Gasteiger partial charge in [0, 0.05) is 17.7 Å². The highest BCUT2D eigenvalue weighted by molar-refractivity contribution is 7.89. The van der Waals surface area contributed by atoms with E-state index < -0.39 is 20.9 Å². The summed E-state index contributed by atoms with van der Waals surface area (Å²) in [6.45, 7) is -0.379. The maximum absolute atomic E-state index is 12.2. The fraction of sp³-hybridized carbons (Fsp3) is 0.118. The van der Waals surface area contributed by atoms with Crippen molar-refractivity contribution in [2.75, 3.05) is 7.11 Å². The van der Waals surface area contributed by atoms with Crippen LogP contribution in [-0.2, 0) is 21.4 Å². The van der Waals surface area contributed by atoms with Crippen LogP contribution in [0.3, 0.4) is 0 Å². The van der Waals surface area contributed by atoms with Crippen LogP contribution in [0.4, 0.5) is 5.69 Å². The Bertz CT molecular complexity index is 1200. The summed E-state index contributed by atoms with van der Waals surface area (Å²) in [4.78, 5) is 22.0. The van der Waals surface area contributed by atoms with E-state index in [1.807, 2.05) is 0 Å². The molecule has 3 rings (SSSR count). The van der Waals surface area contributed by atoms with Crippen molar-refractivity contribution in [3.63, 3.8) is 0 Å². The highest BCUT2D eigenvalue weighted by Crippen LogP contribution is 2.25. The Morgan fingerprint density at radius 2 is 1.90 bits per heavy atom. The molecule has 13 heteroatoms. The zero-order chi connectivity index (χ0) is 21.9. The van der Waals surface area contributed by atoms with Gasteiger partial charge < -0.3 is 13.9 Å². The molecule has 2 aromatic carbocycles. The summed E-state index contributed by atoms with van der Waals surface area (Å²) >= 11 is 0. The number of nitrogens with two attached hydrogens (primary N) is 1. The number of aromatic nitrogens is 2. The first-order valence-electron chi connectivity index (χ1n) is 8.14. The average molecular weight is 434 g/mol. The Morgan fingerprint density at radius 3 is 2.50 bits per heavy atom. The van der Waals surface area contributed by atoms with Crippen LogP contribution >= 0.6 is 0 Å². The standard InChI is InChI=1S/C17H14N4O8S/c1-27-13-7-4-11(8-14(13)30(18,25)26)17(22)28-9-15-19-20-16(29-15)10-2-5-12(6-3-10)21(23)24/h2-8H,9H2,1H3,(H2,18,25,26). The van der Waals surface area contributed by atoms with Gasteiger partial charge in [-0.2, -0.15) is 0 Å². The van der Waals surface area contributed by atoms with Gasteiger partial charge in [0.15, 0.2) is 6.61 Å². The lowest BCUT2D eigenvalue weighted by Crippen LogP contribution is -2.15. The first kappa shape index (κ1) is 20.9. The zero-order valence-electron chi connectivity index (χ0n) is 15.3. The predicted octanol–water partition coefficient (Wildman–Crippen LogP) is 1.66. The van der Waals surface area contributed by atoms with E-state index in [9.17, 15) is 23.3 Å². The van der Waals surface area contributed by atoms with Crippen molar-refractivity contribution in [3.8, 4) is 17.2 Å². The number of esters is 1. The van der Waals surface area contributed by atoms with Crippen LogP contribution in [0.15, 0.2) is 51.8 Å². The van der Waals surface area contributed by atoms with E-state index in [1.165, 1.54) is 43.5 Å². The van der Waals surface area contributed by atoms with Crippen LogP contribution in [-0.4, -0.2) is 36.6 Å². The van der Waals surface area contributed by atoms with Gasteiger partial charge in [-0.15, -0.1) is 10.2 Å². The number of ether oxygens (including phenoxy) is 2. The predicted molar refractivity (Wildman–Crippen MR) is 99.9 cm³/mol.